The number of piperidine rings is 1. The lowest BCUT2D eigenvalue weighted by molar-refractivity contribution is -0.126. The van der Waals surface area contributed by atoms with Gasteiger partial charge in [-0.25, -0.2) is 0 Å². The van der Waals surface area contributed by atoms with Gasteiger partial charge in [-0.2, -0.15) is 10.2 Å². The largest absolute Gasteiger partial charge is 0.464 e. The summed E-state index contributed by atoms with van der Waals surface area (Å²) in [7, 11) is 0. The summed E-state index contributed by atoms with van der Waals surface area (Å²) >= 11 is 0. The summed E-state index contributed by atoms with van der Waals surface area (Å²) < 4.78 is 16.7. The third-order valence-electron chi connectivity index (χ3n) is 5.15. The molecule has 8 nitrogen and oxygen atoms in total. The van der Waals surface area contributed by atoms with E-state index in [0.717, 1.165) is 11.5 Å². The van der Waals surface area contributed by atoms with E-state index in [2.05, 4.69) is 16.4 Å². The van der Waals surface area contributed by atoms with Crippen molar-refractivity contribution in [3.8, 4) is 17.7 Å². The quantitative estimate of drug-likeness (QED) is 0.701. The summed E-state index contributed by atoms with van der Waals surface area (Å²) in [4.78, 5) is 18.8. The van der Waals surface area contributed by atoms with Crippen molar-refractivity contribution in [3.05, 3.63) is 47.7 Å². The van der Waals surface area contributed by atoms with Gasteiger partial charge in [0.25, 0.3) is 5.89 Å². The molecule has 29 heavy (non-hydrogen) atoms. The highest BCUT2D eigenvalue weighted by Crippen LogP contribution is 2.31. The van der Waals surface area contributed by atoms with Crippen molar-refractivity contribution in [3.63, 3.8) is 0 Å². The first-order valence-corrected chi connectivity index (χ1v) is 9.61. The molecule has 1 N–H and O–H groups in total. The van der Waals surface area contributed by atoms with Crippen LogP contribution in [0.3, 0.4) is 0 Å². The first-order valence-electron chi connectivity index (χ1n) is 9.61. The fraction of sp³-hybridized carbons (Fsp3) is 0.381. The molecule has 4 heterocycles. The van der Waals surface area contributed by atoms with Gasteiger partial charge in [-0.05, 0) is 51.0 Å². The van der Waals surface area contributed by atoms with Gasteiger partial charge in [0.15, 0.2) is 5.76 Å². The van der Waals surface area contributed by atoms with Gasteiger partial charge in [-0.1, -0.05) is 0 Å². The van der Waals surface area contributed by atoms with Gasteiger partial charge in [0.05, 0.1) is 12.3 Å². The average molecular weight is 394 g/mol. The number of hydrogen-bond donors (Lipinski definition) is 1. The molecule has 0 aromatic carbocycles. The van der Waals surface area contributed by atoms with E-state index in [4.69, 9.17) is 13.3 Å². The molecule has 8 heteroatoms. The zero-order valence-electron chi connectivity index (χ0n) is 16.3. The minimum atomic E-state index is -0.176. The number of nitrogens with one attached hydrogen (secondary N) is 1. The summed E-state index contributed by atoms with van der Waals surface area (Å²) in [6, 6.07) is 9.14. The SMILES string of the molecule is Cc1ccc(C(C)NC(=O)C2CCN(c3oc(-c4ccco4)nc3C#N)CC2)o1. The molecule has 4 rings (SSSR count). The highest BCUT2D eigenvalue weighted by atomic mass is 16.4. The van der Waals surface area contributed by atoms with E-state index in [0.29, 0.717) is 37.6 Å². The lowest BCUT2D eigenvalue weighted by Gasteiger charge is -2.31. The molecule has 1 amide bonds. The third-order valence-corrected chi connectivity index (χ3v) is 5.15. The van der Waals surface area contributed by atoms with E-state index in [1.165, 1.54) is 6.26 Å². The average Bonchev–Trinajstić information content (AvgIpc) is 3.48. The number of carbonyl (C=O) groups is 1. The van der Waals surface area contributed by atoms with Gasteiger partial charge in [-0.15, -0.1) is 0 Å². The molecule has 3 aromatic heterocycles. The van der Waals surface area contributed by atoms with Gasteiger partial charge in [0.1, 0.15) is 17.6 Å². The Kier molecular flexibility index (Phi) is 5.12. The van der Waals surface area contributed by atoms with E-state index < -0.39 is 0 Å². The van der Waals surface area contributed by atoms with Crippen LogP contribution in [0.5, 0.6) is 0 Å². The van der Waals surface area contributed by atoms with Gasteiger partial charge < -0.3 is 23.5 Å². The molecule has 0 bridgehead atoms. The van der Waals surface area contributed by atoms with Crippen molar-refractivity contribution in [1.82, 2.24) is 10.3 Å². The van der Waals surface area contributed by atoms with Crippen LogP contribution in [0.25, 0.3) is 11.7 Å². The van der Waals surface area contributed by atoms with Crippen LogP contribution in [0.4, 0.5) is 5.88 Å². The number of aryl methyl sites for hydroxylation is 1. The highest BCUT2D eigenvalue weighted by Gasteiger charge is 2.30. The molecule has 0 radical (unpaired) electrons. The number of hydrogen-bond acceptors (Lipinski definition) is 7. The zero-order valence-corrected chi connectivity index (χ0v) is 16.3. The van der Waals surface area contributed by atoms with Gasteiger partial charge >= 0.3 is 0 Å². The van der Waals surface area contributed by atoms with Crippen LogP contribution >= 0.6 is 0 Å². The Bertz CT molecular complexity index is 1020. The lowest BCUT2D eigenvalue weighted by atomic mass is 9.95. The number of oxazole rings is 1. The van der Waals surface area contributed by atoms with Crippen LogP contribution in [0.2, 0.25) is 0 Å². The number of aromatic nitrogens is 1. The number of anilines is 1. The van der Waals surface area contributed by atoms with E-state index in [-0.39, 0.29) is 29.5 Å². The second-order valence-corrected chi connectivity index (χ2v) is 7.20. The van der Waals surface area contributed by atoms with Crippen molar-refractivity contribution in [2.75, 3.05) is 18.0 Å². The van der Waals surface area contributed by atoms with Crippen LogP contribution in [-0.2, 0) is 4.79 Å². The van der Waals surface area contributed by atoms with Crippen molar-refractivity contribution in [2.24, 2.45) is 5.92 Å². The maximum atomic E-state index is 12.6. The van der Waals surface area contributed by atoms with Crippen molar-refractivity contribution < 1.29 is 18.0 Å². The third kappa shape index (κ3) is 3.90. The molecule has 0 saturated carbocycles. The molecule has 0 aliphatic carbocycles. The Morgan fingerprint density at radius 2 is 2.10 bits per heavy atom. The minimum Gasteiger partial charge on any atom is -0.464 e. The highest BCUT2D eigenvalue weighted by molar-refractivity contribution is 5.79. The lowest BCUT2D eigenvalue weighted by Crippen LogP contribution is -2.41. The Morgan fingerprint density at radius 1 is 1.31 bits per heavy atom. The smallest absolute Gasteiger partial charge is 0.266 e. The van der Waals surface area contributed by atoms with Crippen LogP contribution in [0.15, 0.2) is 43.8 Å². The molecule has 1 atom stereocenters. The number of amides is 1. The maximum absolute atomic E-state index is 12.6. The summed E-state index contributed by atoms with van der Waals surface area (Å²) in [5.41, 5.74) is 0.223. The van der Waals surface area contributed by atoms with E-state index in [1.807, 2.05) is 30.9 Å². The Hall–Kier alpha value is -3.47. The second-order valence-electron chi connectivity index (χ2n) is 7.20. The molecule has 1 saturated heterocycles. The first-order chi connectivity index (χ1) is 14.0. The van der Waals surface area contributed by atoms with E-state index in [9.17, 15) is 10.1 Å². The van der Waals surface area contributed by atoms with Gasteiger partial charge in [-0.3, -0.25) is 4.79 Å². The topological polar surface area (TPSA) is 108 Å². The van der Waals surface area contributed by atoms with E-state index in [1.54, 1.807) is 12.1 Å². The predicted molar refractivity (Wildman–Crippen MR) is 104 cm³/mol. The maximum Gasteiger partial charge on any atom is 0.266 e. The molecule has 1 aliphatic rings. The zero-order chi connectivity index (χ0) is 20.4. The number of nitriles is 1. The molecule has 1 aliphatic heterocycles. The number of furan rings is 2. The Balaban J connectivity index is 1.38. The van der Waals surface area contributed by atoms with Crippen LogP contribution in [0, 0.1) is 24.2 Å². The van der Waals surface area contributed by atoms with Crippen LogP contribution in [0.1, 0.15) is 43.0 Å². The van der Waals surface area contributed by atoms with Crippen molar-refractivity contribution in [1.29, 1.82) is 5.26 Å². The molecule has 3 aromatic rings. The number of carbonyl (C=O) groups excluding carboxylic acids is 1. The summed E-state index contributed by atoms with van der Waals surface area (Å²) in [5, 5.41) is 12.4. The second kappa shape index (κ2) is 7.87. The molecule has 1 unspecified atom stereocenters. The normalized spacial score (nSPS) is 15.8. The number of nitrogens with zero attached hydrogens (tertiary/aromatic N) is 3. The summed E-state index contributed by atoms with van der Waals surface area (Å²) in [6.45, 7) is 5.00. The van der Waals surface area contributed by atoms with Crippen molar-refractivity contribution in [2.45, 2.75) is 32.7 Å². The monoisotopic (exact) mass is 394 g/mol. The van der Waals surface area contributed by atoms with E-state index >= 15 is 0 Å². The standard InChI is InChI=1S/C21H22N4O4/c1-13-5-6-17(28-13)14(2)23-19(26)15-7-9-25(10-8-15)21-16(12-22)24-20(29-21)18-4-3-11-27-18/h3-6,11,14-15H,7-10H2,1-2H3,(H,23,26). The fourth-order valence-corrected chi connectivity index (χ4v) is 3.54. The first kappa shape index (κ1) is 18.9. The minimum absolute atomic E-state index is 0.0144. The van der Waals surface area contributed by atoms with Gasteiger partial charge in [0, 0.05) is 19.0 Å². The Morgan fingerprint density at radius 3 is 2.72 bits per heavy atom. The Labute approximate surface area is 168 Å². The summed E-state index contributed by atoms with van der Waals surface area (Å²) in [5.74, 6) is 2.68. The number of rotatable bonds is 5. The van der Waals surface area contributed by atoms with Gasteiger partial charge in [0.2, 0.25) is 17.5 Å². The molecular formula is C21H22N4O4. The fourth-order valence-electron chi connectivity index (χ4n) is 3.54. The van der Waals surface area contributed by atoms with Crippen molar-refractivity contribution >= 4 is 11.8 Å². The summed E-state index contributed by atoms with van der Waals surface area (Å²) in [6.07, 6.45) is 2.86. The molecule has 150 valence electrons. The van der Waals surface area contributed by atoms with Crippen LogP contribution in [-0.4, -0.2) is 24.0 Å². The molecule has 1 fully saturated rings. The molecule has 0 spiro atoms. The molecular weight excluding hydrogens is 372 g/mol. The predicted octanol–water partition coefficient (Wildman–Crippen LogP) is 3.80. The van der Waals surface area contributed by atoms with Crippen LogP contribution < -0.4 is 10.2 Å².